The second-order valence-electron chi connectivity index (χ2n) is 12.1. The van der Waals surface area contributed by atoms with E-state index in [4.69, 9.17) is 4.74 Å². The predicted octanol–water partition coefficient (Wildman–Crippen LogP) is 6.79. The average molecular weight is 584 g/mol. The molecule has 1 heterocycles. The van der Waals surface area contributed by atoms with Crippen molar-refractivity contribution in [3.63, 3.8) is 0 Å². The van der Waals surface area contributed by atoms with E-state index in [0.717, 1.165) is 51.4 Å². The molecule has 4 N–H and O–H groups in total. The van der Waals surface area contributed by atoms with Crippen LogP contribution in [0, 0.1) is 0 Å². The molecule has 1 amide bonds. The first-order valence-electron chi connectivity index (χ1n) is 17.2. The highest BCUT2D eigenvalue weighted by Gasteiger charge is 2.46. The summed E-state index contributed by atoms with van der Waals surface area (Å²) in [5.74, 6) is -0.102. The molecular formula is C34H65NO6. The summed E-state index contributed by atoms with van der Waals surface area (Å²) in [5.41, 5.74) is 0. The number of carbonyl (C=O) groups excluding carboxylic acids is 1. The molecule has 0 aromatic heterocycles. The van der Waals surface area contributed by atoms with E-state index < -0.39 is 37.3 Å². The van der Waals surface area contributed by atoms with Gasteiger partial charge in [0.05, 0.1) is 6.61 Å². The maximum atomic E-state index is 13.3. The molecule has 0 spiro atoms. The molecule has 1 rings (SSSR count). The largest absolute Gasteiger partial charge is 0.394 e. The van der Waals surface area contributed by atoms with Crippen LogP contribution in [-0.2, 0) is 9.53 Å². The summed E-state index contributed by atoms with van der Waals surface area (Å²) < 4.78 is 5.75. The average Bonchev–Trinajstić information content (AvgIpc) is 2.97. The van der Waals surface area contributed by atoms with E-state index in [9.17, 15) is 25.2 Å². The second-order valence-corrected chi connectivity index (χ2v) is 12.1. The lowest BCUT2D eigenvalue weighted by atomic mass is 9.97. The van der Waals surface area contributed by atoms with Crippen molar-refractivity contribution < 1.29 is 30.0 Å². The van der Waals surface area contributed by atoms with Gasteiger partial charge in [-0.1, -0.05) is 122 Å². The Labute approximate surface area is 251 Å². The van der Waals surface area contributed by atoms with Gasteiger partial charge in [0.2, 0.25) is 5.91 Å². The van der Waals surface area contributed by atoms with Gasteiger partial charge in [-0.2, -0.15) is 0 Å². The fourth-order valence-electron chi connectivity index (χ4n) is 5.64. The van der Waals surface area contributed by atoms with Gasteiger partial charge >= 0.3 is 0 Å². The van der Waals surface area contributed by atoms with Crippen LogP contribution < -0.4 is 0 Å². The number of amides is 1. The highest BCUT2D eigenvalue weighted by molar-refractivity contribution is 5.76. The Morgan fingerprint density at radius 1 is 0.634 bits per heavy atom. The van der Waals surface area contributed by atoms with E-state index in [1.54, 1.807) is 0 Å². The molecule has 7 nitrogen and oxygen atoms in total. The van der Waals surface area contributed by atoms with E-state index >= 15 is 0 Å². The zero-order chi connectivity index (χ0) is 30.1. The van der Waals surface area contributed by atoms with Crippen LogP contribution in [0.15, 0.2) is 12.2 Å². The van der Waals surface area contributed by atoms with Gasteiger partial charge in [0.15, 0.2) is 6.23 Å². The van der Waals surface area contributed by atoms with Crippen molar-refractivity contribution in [1.29, 1.82) is 0 Å². The van der Waals surface area contributed by atoms with Crippen LogP contribution in [0.4, 0.5) is 0 Å². The number of ether oxygens (including phenoxy) is 1. The molecule has 1 aliphatic rings. The maximum Gasteiger partial charge on any atom is 0.224 e. The molecule has 0 aromatic rings. The lowest BCUT2D eigenvalue weighted by molar-refractivity contribution is -0.262. The number of carbonyl (C=O) groups is 1. The Morgan fingerprint density at radius 3 is 1.61 bits per heavy atom. The minimum Gasteiger partial charge on any atom is -0.394 e. The van der Waals surface area contributed by atoms with E-state index in [0.29, 0.717) is 13.0 Å². The maximum absolute atomic E-state index is 13.3. The summed E-state index contributed by atoms with van der Waals surface area (Å²) in [5, 5.41) is 40.7. The quantitative estimate of drug-likeness (QED) is 0.0659. The molecule has 7 heteroatoms. The second kappa shape index (κ2) is 25.5. The summed E-state index contributed by atoms with van der Waals surface area (Å²) in [7, 11) is 0. The van der Waals surface area contributed by atoms with Crippen LogP contribution in [0.2, 0.25) is 0 Å². The third-order valence-electron chi connectivity index (χ3n) is 8.40. The molecule has 1 saturated heterocycles. The third kappa shape index (κ3) is 17.0. The summed E-state index contributed by atoms with van der Waals surface area (Å²) >= 11 is 0. The molecule has 0 bridgehead atoms. The van der Waals surface area contributed by atoms with Crippen LogP contribution in [0.3, 0.4) is 0 Å². The fourth-order valence-corrected chi connectivity index (χ4v) is 5.64. The number of hydrogen-bond acceptors (Lipinski definition) is 6. The molecule has 1 unspecified atom stereocenters. The minimum absolute atomic E-state index is 0.102. The van der Waals surface area contributed by atoms with Crippen molar-refractivity contribution in [2.24, 2.45) is 0 Å². The topological polar surface area (TPSA) is 110 Å². The van der Waals surface area contributed by atoms with Crippen LogP contribution in [0.5, 0.6) is 0 Å². The number of allylic oxidation sites excluding steroid dienone is 2. The van der Waals surface area contributed by atoms with Gasteiger partial charge in [0, 0.05) is 13.0 Å². The monoisotopic (exact) mass is 583 g/mol. The lowest BCUT2D eigenvalue weighted by Gasteiger charge is -2.44. The molecule has 1 fully saturated rings. The Morgan fingerprint density at radius 2 is 1.10 bits per heavy atom. The van der Waals surface area contributed by atoms with E-state index in [1.807, 2.05) is 0 Å². The molecule has 5 atom stereocenters. The Hall–Kier alpha value is -0.990. The molecule has 1 aliphatic heterocycles. The van der Waals surface area contributed by atoms with Gasteiger partial charge in [-0.05, 0) is 38.5 Å². The zero-order valence-corrected chi connectivity index (χ0v) is 26.6. The van der Waals surface area contributed by atoms with Gasteiger partial charge in [-0.25, -0.2) is 0 Å². The van der Waals surface area contributed by atoms with Crippen molar-refractivity contribution >= 4 is 5.91 Å². The molecule has 0 aliphatic carbocycles. The number of nitrogens with zero attached hydrogens (tertiary/aromatic N) is 1. The van der Waals surface area contributed by atoms with Gasteiger partial charge in [0.1, 0.15) is 24.4 Å². The molecule has 41 heavy (non-hydrogen) atoms. The fraction of sp³-hybridized carbons (Fsp3) is 0.912. The first-order valence-corrected chi connectivity index (χ1v) is 17.2. The van der Waals surface area contributed by atoms with Gasteiger partial charge < -0.3 is 30.1 Å². The van der Waals surface area contributed by atoms with Gasteiger partial charge in [-0.15, -0.1) is 0 Å². The summed E-state index contributed by atoms with van der Waals surface area (Å²) in [4.78, 5) is 14.8. The third-order valence-corrected chi connectivity index (χ3v) is 8.40. The highest BCUT2D eigenvalue weighted by Crippen LogP contribution is 2.25. The SMILES string of the molecule is CCCCCCCC/C=C\CCCCCCCC(=O)N(CCCCCCCCCC)C1O[C@H](CO)[C@@H](O)[C@H](O)[C@H]1O. The molecule has 0 aromatic carbocycles. The van der Waals surface area contributed by atoms with Crippen LogP contribution in [0.1, 0.15) is 155 Å². The summed E-state index contributed by atoms with van der Waals surface area (Å²) in [6, 6.07) is 0. The van der Waals surface area contributed by atoms with Crippen LogP contribution in [0.25, 0.3) is 0 Å². The summed E-state index contributed by atoms with van der Waals surface area (Å²) in [6.07, 6.45) is 23.2. The van der Waals surface area contributed by atoms with Crippen molar-refractivity contribution in [2.75, 3.05) is 13.2 Å². The molecular weight excluding hydrogens is 518 g/mol. The van der Waals surface area contributed by atoms with Crippen LogP contribution >= 0.6 is 0 Å². The smallest absolute Gasteiger partial charge is 0.224 e. The molecule has 0 saturated carbocycles. The van der Waals surface area contributed by atoms with Crippen molar-refractivity contribution in [3.05, 3.63) is 12.2 Å². The molecule has 0 radical (unpaired) electrons. The normalized spacial score (nSPS) is 22.9. The minimum atomic E-state index is -1.47. The number of hydrogen-bond donors (Lipinski definition) is 4. The summed E-state index contributed by atoms with van der Waals surface area (Å²) in [6.45, 7) is 4.40. The Kier molecular flexibility index (Phi) is 23.7. The van der Waals surface area contributed by atoms with E-state index in [1.165, 1.54) is 88.4 Å². The van der Waals surface area contributed by atoms with Crippen molar-refractivity contribution in [3.8, 4) is 0 Å². The Balaban J connectivity index is 2.38. The van der Waals surface area contributed by atoms with E-state index in [-0.39, 0.29) is 5.91 Å². The number of unbranched alkanes of at least 4 members (excludes halogenated alkanes) is 18. The number of aliphatic hydroxyl groups excluding tert-OH is 4. The van der Waals surface area contributed by atoms with Crippen LogP contribution in [-0.4, -0.2) is 75.0 Å². The Bertz CT molecular complexity index is 643. The standard InChI is InChI=1S/C34H65NO6/c1-3-5-7-9-11-13-14-15-16-17-18-19-20-22-24-26-30(37)35(27-25-23-21-12-10-8-6-4-2)34-33(40)32(39)31(38)29(28-36)41-34/h15-16,29,31-34,36,38-40H,3-14,17-28H2,1-2H3/b16-15-/t29-,31-,32+,33-,34?/m1/s1. The van der Waals surface area contributed by atoms with Gasteiger partial charge in [0.25, 0.3) is 0 Å². The zero-order valence-electron chi connectivity index (χ0n) is 26.6. The number of rotatable bonds is 26. The predicted molar refractivity (Wildman–Crippen MR) is 168 cm³/mol. The number of aliphatic hydroxyl groups is 4. The first kappa shape index (κ1) is 38.0. The van der Waals surface area contributed by atoms with Crippen molar-refractivity contribution in [1.82, 2.24) is 4.90 Å². The van der Waals surface area contributed by atoms with E-state index in [2.05, 4.69) is 26.0 Å². The van der Waals surface area contributed by atoms with Crippen molar-refractivity contribution in [2.45, 2.75) is 186 Å². The van der Waals surface area contributed by atoms with Gasteiger partial charge in [-0.3, -0.25) is 4.79 Å². The first-order chi connectivity index (χ1) is 20.0. The lowest BCUT2D eigenvalue weighted by Crippen LogP contribution is -2.64. The molecule has 242 valence electrons. The highest BCUT2D eigenvalue weighted by atomic mass is 16.6.